The second-order valence-electron chi connectivity index (χ2n) is 4.65. The zero-order chi connectivity index (χ0) is 11.7. The Morgan fingerprint density at radius 2 is 2.12 bits per heavy atom. The van der Waals surface area contributed by atoms with E-state index >= 15 is 0 Å². The molecule has 0 amide bonds. The summed E-state index contributed by atoms with van der Waals surface area (Å²) in [5, 5.41) is 7.81. The van der Waals surface area contributed by atoms with Crippen LogP contribution in [0.3, 0.4) is 0 Å². The molecule has 0 radical (unpaired) electrons. The van der Waals surface area contributed by atoms with Gasteiger partial charge in [-0.2, -0.15) is 5.10 Å². The van der Waals surface area contributed by atoms with Crippen molar-refractivity contribution in [2.75, 3.05) is 19.6 Å². The highest BCUT2D eigenvalue weighted by Gasteiger charge is 2.24. The van der Waals surface area contributed by atoms with Crippen molar-refractivity contribution in [3.8, 4) is 0 Å². The first-order valence-electron chi connectivity index (χ1n) is 6.07. The molecule has 1 fully saturated rings. The molecule has 16 heavy (non-hydrogen) atoms. The zero-order valence-corrected chi connectivity index (χ0v) is 10.7. The quantitative estimate of drug-likeness (QED) is 0.819. The highest BCUT2D eigenvalue weighted by molar-refractivity contribution is 5.24. The lowest BCUT2D eigenvalue weighted by Crippen LogP contribution is -2.56. The molecule has 1 saturated heterocycles. The van der Waals surface area contributed by atoms with Gasteiger partial charge >= 0.3 is 0 Å². The average molecular weight is 222 g/mol. The topological polar surface area (TPSA) is 33.1 Å². The third-order valence-electron chi connectivity index (χ3n) is 3.70. The molecule has 0 aliphatic carbocycles. The van der Waals surface area contributed by atoms with Gasteiger partial charge in [0.15, 0.2) is 0 Å². The Morgan fingerprint density at radius 1 is 1.44 bits per heavy atom. The molecule has 1 aromatic heterocycles. The van der Waals surface area contributed by atoms with E-state index in [1.54, 1.807) is 0 Å². The maximum absolute atomic E-state index is 4.48. The predicted molar refractivity (Wildman–Crippen MR) is 65.4 cm³/mol. The van der Waals surface area contributed by atoms with Gasteiger partial charge in [0.1, 0.15) is 0 Å². The van der Waals surface area contributed by atoms with Crippen LogP contribution < -0.4 is 5.32 Å². The van der Waals surface area contributed by atoms with Crippen molar-refractivity contribution in [2.24, 2.45) is 7.05 Å². The summed E-state index contributed by atoms with van der Waals surface area (Å²) < 4.78 is 1.98. The highest BCUT2D eigenvalue weighted by atomic mass is 15.3. The van der Waals surface area contributed by atoms with E-state index in [4.69, 9.17) is 0 Å². The molecule has 90 valence electrons. The zero-order valence-electron chi connectivity index (χ0n) is 10.7. The molecule has 0 unspecified atom stereocenters. The second-order valence-corrected chi connectivity index (χ2v) is 4.65. The van der Waals surface area contributed by atoms with E-state index in [1.165, 1.54) is 17.0 Å². The normalized spacial score (nSPS) is 16.8. The van der Waals surface area contributed by atoms with Gasteiger partial charge in [0.2, 0.25) is 0 Å². The number of nitrogens with one attached hydrogen (secondary N) is 1. The Bertz CT molecular complexity index is 365. The molecule has 1 N–H and O–H groups in total. The molecule has 2 rings (SSSR count). The van der Waals surface area contributed by atoms with Crippen molar-refractivity contribution in [1.29, 1.82) is 0 Å². The molecule has 0 atom stereocenters. The van der Waals surface area contributed by atoms with Crippen molar-refractivity contribution in [3.63, 3.8) is 0 Å². The maximum atomic E-state index is 4.48. The van der Waals surface area contributed by atoms with Crippen LogP contribution in [0.4, 0.5) is 0 Å². The number of hydrogen-bond donors (Lipinski definition) is 1. The van der Waals surface area contributed by atoms with Crippen LogP contribution in [-0.4, -0.2) is 40.4 Å². The smallest absolute Gasteiger partial charge is 0.0641 e. The van der Waals surface area contributed by atoms with E-state index in [1.807, 2.05) is 11.7 Å². The number of hydrogen-bond acceptors (Lipinski definition) is 3. The Kier molecular flexibility index (Phi) is 3.30. The SMILES string of the molecule is CCN(Cc1c(C)nn(C)c1C)C1CNC1. The Hall–Kier alpha value is -0.870. The number of nitrogens with zero attached hydrogens (tertiary/aromatic N) is 3. The molecule has 0 spiro atoms. The van der Waals surface area contributed by atoms with Gasteiger partial charge < -0.3 is 5.32 Å². The number of rotatable bonds is 4. The minimum Gasteiger partial charge on any atom is -0.314 e. The van der Waals surface area contributed by atoms with E-state index in [9.17, 15) is 0 Å². The minimum atomic E-state index is 0.712. The van der Waals surface area contributed by atoms with Crippen LogP contribution in [0, 0.1) is 13.8 Å². The van der Waals surface area contributed by atoms with Gasteiger partial charge in [-0.15, -0.1) is 0 Å². The average Bonchev–Trinajstić information content (AvgIpc) is 2.40. The molecular formula is C12H22N4. The number of aryl methyl sites for hydroxylation is 2. The molecule has 0 bridgehead atoms. The van der Waals surface area contributed by atoms with Gasteiger partial charge in [0, 0.05) is 44.0 Å². The molecule has 1 aliphatic rings. The summed E-state index contributed by atoms with van der Waals surface area (Å²) in [5.74, 6) is 0. The van der Waals surface area contributed by atoms with E-state index in [0.29, 0.717) is 6.04 Å². The van der Waals surface area contributed by atoms with Crippen LogP contribution in [0.15, 0.2) is 0 Å². The van der Waals surface area contributed by atoms with E-state index in [-0.39, 0.29) is 0 Å². The Labute approximate surface area is 97.6 Å². The first-order valence-corrected chi connectivity index (χ1v) is 6.07. The van der Waals surface area contributed by atoms with Crippen molar-refractivity contribution < 1.29 is 0 Å². The lowest BCUT2D eigenvalue weighted by molar-refractivity contribution is 0.145. The van der Waals surface area contributed by atoms with Gasteiger partial charge in [0.05, 0.1) is 5.69 Å². The summed E-state index contributed by atoms with van der Waals surface area (Å²) in [4.78, 5) is 2.54. The van der Waals surface area contributed by atoms with E-state index < -0.39 is 0 Å². The molecule has 1 aliphatic heterocycles. The monoisotopic (exact) mass is 222 g/mol. The van der Waals surface area contributed by atoms with E-state index in [0.717, 1.165) is 26.2 Å². The maximum Gasteiger partial charge on any atom is 0.0641 e. The van der Waals surface area contributed by atoms with Crippen LogP contribution in [0.5, 0.6) is 0 Å². The number of likely N-dealkylation sites (N-methyl/N-ethyl adjacent to an activating group) is 1. The fourth-order valence-corrected chi connectivity index (χ4v) is 2.28. The van der Waals surface area contributed by atoms with Gasteiger partial charge in [-0.25, -0.2) is 0 Å². The van der Waals surface area contributed by atoms with Gasteiger partial charge in [-0.3, -0.25) is 9.58 Å². The van der Waals surface area contributed by atoms with Crippen LogP contribution >= 0.6 is 0 Å². The third kappa shape index (κ3) is 1.99. The summed E-state index contributed by atoms with van der Waals surface area (Å²) in [5.41, 5.74) is 3.87. The summed E-state index contributed by atoms with van der Waals surface area (Å²) >= 11 is 0. The Morgan fingerprint density at radius 3 is 2.50 bits per heavy atom. The summed E-state index contributed by atoms with van der Waals surface area (Å²) in [7, 11) is 2.02. The first-order chi connectivity index (χ1) is 7.63. The van der Waals surface area contributed by atoms with Crippen LogP contribution in [0.2, 0.25) is 0 Å². The second kappa shape index (κ2) is 4.55. The summed E-state index contributed by atoms with van der Waals surface area (Å²) in [6.07, 6.45) is 0. The molecule has 4 heteroatoms. The molecule has 0 saturated carbocycles. The van der Waals surface area contributed by atoms with Crippen molar-refractivity contribution in [1.82, 2.24) is 20.0 Å². The van der Waals surface area contributed by atoms with Gasteiger partial charge in [-0.1, -0.05) is 6.92 Å². The summed E-state index contributed by atoms with van der Waals surface area (Å²) in [6.45, 7) is 10.9. The third-order valence-corrected chi connectivity index (χ3v) is 3.70. The van der Waals surface area contributed by atoms with Crippen LogP contribution in [-0.2, 0) is 13.6 Å². The van der Waals surface area contributed by atoms with Crippen LogP contribution in [0.25, 0.3) is 0 Å². The largest absolute Gasteiger partial charge is 0.314 e. The van der Waals surface area contributed by atoms with Gasteiger partial charge in [0.25, 0.3) is 0 Å². The first kappa shape index (κ1) is 11.6. The molecular weight excluding hydrogens is 200 g/mol. The highest BCUT2D eigenvalue weighted by Crippen LogP contribution is 2.17. The van der Waals surface area contributed by atoms with Crippen molar-refractivity contribution >= 4 is 0 Å². The molecule has 2 heterocycles. The minimum absolute atomic E-state index is 0.712. The fourth-order valence-electron chi connectivity index (χ4n) is 2.28. The van der Waals surface area contributed by atoms with Crippen molar-refractivity contribution in [3.05, 3.63) is 17.0 Å². The molecule has 0 aromatic carbocycles. The number of aromatic nitrogens is 2. The standard InChI is InChI=1S/C12H22N4/c1-5-16(11-6-13-7-11)8-12-9(2)14-15(4)10(12)3/h11,13H,5-8H2,1-4H3. The fraction of sp³-hybridized carbons (Fsp3) is 0.750. The molecule has 4 nitrogen and oxygen atoms in total. The van der Waals surface area contributed by atoms with Crippen LogP contribution in [0.1, 0.15) is 23.9 Å². The lowest BCUT2D eigenvalue weighted by atomic mass is 10.1. The van der Waals surface area contributed by atoms with Crippen molar-refractivity contribution in [2.45, 2.75) is 33.4 Å². The Balaban J connectivity index is 2.11. The van der Waals surface area contributed by atoms with Gasteiger partial charge in [-0.05, 0) is 20.4 Å². The molecule has 1 aromatic rings. The predicted octanol–water partition coefficient (Wildman–Crippen LogP) is 0.831. The summed E-state index contributed by atoms with van der Waals surface area (Å²) in [6, 6.07) is 0.712. The lowest BCUT2D eigenvalue weighted by Gasteiger charge is -2.37. The van der Waals surface area contributed by atoms with E-state index in [2.05, 4.69) is 36.1 Å².